The van der Waals surface area contributed by atoms with E-state index in [2.05, 4.69) is 5.32 Å². The van der Waals surface area contributed by atoms with Crippen molar-refractivity contribution >= 4 is 23.6 Å². The van der Waals surface area contributed by atoms with Crippen molar-refractivity contribution in [3.05, 3.63) is 35.6 Å². The lowest BCUT2D eigenvalue weighted by Crippen LogP contribution is -2.42. The van der Waals surface area contributed by atoms with Gasteiger partial charge in [0.2, 0.25) is 11.8 Å². The summed E-state index contributed by atoms with van der Waals surface area (Å²) >= 11 is 1.22. The Bertz CT molecular complexity index is 542. The lowest BCUT2D eigenvalue weighted by molar-refractivity contribution is -0.118. The predicted octanol–water partition coefficient (Wildman–Crippen LogP) is 2.36. The molecule has 126 valence electrons. The SMILES string of the molecule is NC(=O)CSCC(=O)NCC1(c2ccc(F)cc2)CCCCC1. The van der Waals surface area contributed by atoms with Crippen LogP contribution in [0.4, 0.5) is 4.39 Å². The van der Waals surface area contributed by atoms with E-state index in [1.807, 2.05) is 12.1 Å². The molecule has 0 atom stereocenters. The summed E-state index contributed by atoms with van der Waals surface area (Å²) in [5, 5.41) is 2.97. The standard InChI is InChI=1S/C17H23FN2O2S/c18-14-6-4-13(5-7-14)17(8-2-1-3-9-17)12-20-16(22)11-23-10-15(19)21/h4-7H,1-3,8-12H2,(H2,19,21)(H,20,22). The minimum atomic E-state index is -0.419. The summed E-state index contributed by atoms with van der Waals surface area (Å²) in [6, 6.07) is 6.62. The van der Waals surface area contributed by atoms with E-state index in [-0.39, 0.29) is 28.6 Å². The van der Waals surface area contributed by atoms with Crippen molar-refractivity contribution in [2.75, 3.05) is 18.1 Å². The number of hydrogen-bond acceptors (Lipinski definition) is 3. The van der Waals surface area contributed by atoms with Crippen LogP contribution >= 0.6 is 11.8 Å². The van der Waals surface area contributed by atoms with Crippen LogP contribution in [-0.4, -0.2) is 29.9 Å². The smallest absolute Gasteiger partial charge is 0.230 e. The summed E-state index contributed by atoms with van der Waals surface area (Å²) in [7, 11) is 0. The Labute approximate surface area is 140 Å². The molecule has 1 aliphatic rings. The Morgan fingerprint density at radius 2 is 1.78 bits per heavy atom. The molecule has 0 bridgehead atoms. The monoisotopic (exact) mass is 338 g/mol. The normalized spacial score (nSPS) is 16.7. The molecule has 2 amide bonds. The van der Waals surface area contributed by atoms with E-state index in [4.69, 9.17) is 5.73 Å². The van der Waals surface area contributed by atoms with Gasteiger partial charge in [-0.15, -0.1) is 11.8 Å². The highest BCUT2D eigenvalue weighted by Gasteiger charge is 2.34. The molecule has 1 fully saturated rings. The van der Waals surface area contributed by atoms with Gasteiger partial charge in [0, 0.05) is 12.0 Å². The molecule has 3 N–H and O–H groups in total. The quantitative estimate of drug-likeness (QED) is 0.802. The van der Waals surface area contributed by atoms with Gasteiger partial charge in [0.15, 0.2) is 0 Å². The Morgan fingerprint density at radius 3 is 2.39 bits per heavy atom. The van der Waals surface area contributed by atoms with Gasteiger partial charge in [0.25, 0.3) is 0 Å². The van der Waals surface area contributed by atoms with Gasteiger partial charge in [-0.2, -0.15) is 0 Å². The molecule has 1 aromatic carbocycles. The lowest BCUT2D eigenvalue weighted by Gasteiger charge is -2.38. The van der Waals surface area contributed by atoms with Gasteiger partial charge in [-0.1, -0.05) is 31.4 Å². The average Bonchev–Trinajstić information content (AvgIpc) is 2.54. The summed E-state index contributed by atoms with van der Waals surface area (Å²) in [6.07, 6.45) is 5.42. The van der Waals surface area contributed by atoms with E-state index >= 15 is 0 Å². The van der Waals surface area contributed by atoms with Crippen molar-refractivity contribution in [3.63, 3.8) is 0 Å². The van der Waals surface area contributed by atoms with Crippen molar-refractivity contribution in [2.24, 2.45) is 5.73 Å². The second-order valence-electron chi connectivity index (χ2n) is 6.08. The average molecular weight is 338 g/mol. The summed E-state index contributed by atoms with van der Waals surface area (Å²) in [5.74, 6) is -0.383. The first-order valence-electron chi connectivity index (χ1n) is 7.91. The summed E-state index contributed by atoms with van der Waals surface area (Å²) in [4.78, 5) is 22.6. The first kappa shape index (κ1) is 17.8. The Balaban J connectivity index is 1.97. The van der Waals surface area contributed by atoms with Gasteiger partial charge < -0.3 is 11.1 Å². The molecule has 0 aliphatic heterocycles. The highest BCUT2D eigenvalue weighted by molar-refractivity contribution is 8.00. The molecular weight excluding hydrogens is 315 g/mol. The second-order valence-corrected chi connectivity index (χ2v) is 7.07. The number of nitrogens with one attached hydrogen (secondary N) is 1. The second kappa shape index (κ2) is 8.34. The molecule has 1 saturated carbocycles. The van der Waals surface area contributed by atoms with E-state index < -0.39 is 5.91 Å². The number of primary amides is 1. The number of carbonyl (C=O) groups is 2. The van der Waals surface area contributed by atoms with E-state index in [0.29, 0.717) is 6.54 Å². The van der Waals surface area contributed by atoms with Crippen molar-refractivity contribution in [2.45, 2.75) is 37.5 Å². The molecule has 0 aromatic heterocycles. The fourth-order valence-electron chi connectivity index (χ4n) is 3.16. The van der Waals surface area contributed by atoms with Crippen LogP contribution in [0.25, 0.3) is 0 Å². The topological polar surface area (TPSA) is 72.2 Å². The number of hydrogen-bond donors (Lipinski definition) is 2. The third kappa shape index (κ3) is 5.23. The summed E-state index contributed by atoms with van der Waals surface area (Å²) < 4.78 is 13.2. The van der Waals surface area contributed by atoms with E-state index in [1.165, 1.54) is 30.3 Å². The molecule has 0 unspecified atom stereocenters. The third-order valence-corrected chi connectivity index (χ3v) is 5.32. The van der Waals surface area contributed by atoms with Crippen LogP contribution in [0.5, 0.6) is 0 Å². The zero-order valence-electron chi connectivity index (χ0n) is 13.1. The minimum absolute atomic E-state index is 0.0942. The minimum Gasteiger partial charge on any atom is -0.369 e. The molecule has 4 nitrogen and oxygen atoms in total. The Hall–Kier alpha value is -1.56. The van der Waals surface area contributed by atoms with E-state index in [0.717, 1.165) is 31.2 Å². The van der Waals surface area contributed by atoms with Gasteiger partial charge >= 0.3 is 0 Å². The molecule has 2 rings (SSSR count). The molecular formula is C17H23FN2O2S. The molecule has 23 heavy (non-hydrogen) atoms. The maximum atomic E-state index is 13.2. The molecule has 0 radical (unpaired) electrons. The van der Waals surface area contributed by atoms with Crippen LogP contribution < -0.4 is 11.1 Å². The van der Waals surface area contributed by atoms with Crippen LogP contribution in [0, 0.1) is 5.82 Å². The van der Waals surface area contributed by atoms with Crippen molar-refractivity contribution < 1.29 is 14.0 Å². The van der Waals surface area contributed by atoms with E-state index in [1.54, 1.807) is 0 Å². The maximum Gasteiger partial charge on any atom is 0.230 e. The summed E-state index contributed by atoms with van der Waals surface area (Å²) in [6.45, 7) is 0.550. The molecule has 1 aromatic rings. The number of halogens is 1. The molecule has 6 heteroatoms. The van der Waals surface area contributed by atoms with Gasteiger partial charge in [-0.05, 0) is 30.5 Å². The zero-order valence-corrected chi connectivity index (χ0v) is 14.0. The number of rotatable bonds is 7. The molecule has 1 aliphatic carbocycles. The van der Waals surface area contributed by atoms with Gasteiger partial charge in [-0.3, -0.25) is 9.59 Å². The molecule has 0 saturated heterocycles. The van der Waals surface area contributed by atoms with Crippen molar-refractivity contribution in [1.29, 1.82) is 0 Å². The van der Waals surface area contributed by atoms with Gasteiger partial charge in [0.05, 0.1) is 11.5 Å². The Morgan fingerprint density at radius 1 is 1.13 bits per heavy atom. The molecule has 0 heterocycles. The first-order chi connectivity index (χ1) is 11.0. The number of thioether (sulfide) groups is 1. The van der Waals surface area contributed by atoms with Crippen molar-refractivity contribution in [3.8, 4) is 0 Å². The highest BCUT2D eigenvalue weighted by atomic mass is 32.2. The largest absolute Gasteiger partial charge is 0.369 e. The number of nitrogens with two attached hydrogens (primary N) is 1. The molecule has 0 spiro atoms. The van der Waals surface area contributed by atoms with Crippen molar-refractivity contribution in [1.82, 2.24) is 5.32 Å². The fraction of sp³-hybridized carbons (Fsp3) is 0.529. The van der Waals surface area contributed by atoms with Crippen LogP contribution in [0.15, 0.2) is 24.3 Å². The third-order valence-electron chi connectivity index (χ3n) is 4.37. The maximum absolute atomic E-state index is 13.2. The first-order valence-corrected chi connectivity index (χ1v) is 9.06. The van der Waals surface area contributed by atoms with E-state index in [9.17, 15) is 14.0 Å². The van der Waals surface area contributed by atoms with Gasteiger partial charge in [0.1, 0.15) is 5.82 Å². The number of benzene rings is 1. The van der Waals surface area contributed by atoms with Gasteiger partial charge in [-0.25, -0.2) is 4.39 Å². The summed E-state index contributed by atoms with van der Waals surface area (Å²) in [5.41, 5.74) is 6.03. The number of carbonyl (C=O) groups excluding carboxylic acids is 2. The lowest BCUT2D eigenvalue weighted by atomic mass is 9.69. The number of amides is 2. The van der Waals surface area contributed by atoms with Crippen LogP contribution in [-0.2, 0) is 15.0 Å². The zero-order chi connectivity index (χ0) is 16.7. The van der Waals surface area contributed by atoms with Crippen LogP contribution in [0.1, 0.15) is 37.7 Å². The van der Waals surface area contributed by atoms with Crippen LogP contribution in [0.2, 0.25) is 0 Å². The van der Waals surface area contributed by atoms with Crippen LogP contribution in [0.3, 0.4) is 0 Å². The fourth-order valence-corrected chi connectivity index (χ4v) is 3.75. The predicted molar refractivity (Wildman–Crippen MR) is 90.7 cm³/mol. The Kier molecular flexibility index (Phi) is 6.45. The highest BCUT2D eigenvalue weighted by Crippen LogP contribution is 2.39.